The van der Waals surface area contributed by atoms with Gasteiger partial charge in [0.2, 0.25) is 0 Å². The zero-order chi connectivity index (χ0) is 11.0. The van der Waals surface area contributed by atoms with Gasteiger partial charge in [0.25, 0.3) is 0 Å². The normalized spacial score (nSPS) is 30.2. The second-order valence-electron chi connectivity index (χ2n) is 5.15. The molecule has 0 amide bonds. The van der Waals surface area contributed by atoms with Crippen LogP contribution in [0.3, 0.4) is 0 Å². The largest absolute Gasteiger partial charge is 0.399 e. The molecule has 1 aromatic rings. The molecule has 86 valence electrons. The molecule has 3 rings (SSSR count). The van der Waals surface area contributed by atoms with Gasteiger partial charge in [0, 0.05) is 17.8 Å². The fraction of sp³-hybridized carbons (Fsp3) is 0.571. The molecule has 0 aliphatic carbocycles. The average molecular weight is 216 g/mol. The molecule has 2 atom stereocenters. The number of rotatable bonds is 1. The highest BCUT2D eigenvalue weighted by Crippen LogP contribution is 2.40. The minimum Gasteiger partial charge on any atom is -0.399 e. The van der Waals surface area contributed by atoms with E-state index in [0.717, 1.165) is 11.7 Å². The van der Waals surface area contributed by atoms with E-state index in [1.54, 1.807) is 0 Å². The molecular formula is C14H20N2. The Hall–Kier alpha value is -1.02. The first-order valence-corrected chi connectivity index (χ1v) is 6.46. The molecule has 0 unspecified atom stereocenters. The van der Waals surface area contributed by atoms with Crippen molar-refractivity contribution in [1.29, 1.82) is 0 Å². The van der Waals surface area contributed by atoms with E-state index in [1.165, 1.54) is 44.2 Å². The van der Waals surface area contributed by atoms with Gasteiger partial charge >= 0.3 is 0 Å². The number of nitrogen functional groups attached to an aromatic ring is 1. The van der Waals surface area contributed by atoms with Crippen LogP contribution in [0.25, 0.3) is 0 Å². The van der Waals surface area contributed by atoms with Crippen LogP contribution in [0.2, 0.25) is 0 Å². The molecule has 0 saturated carbocycles. The zero-order valence-electron chi connectivity index (χ0n) is 9.73. The van der Waals surface area contributed by atoms with Crippen molar-refractivity contribution in [3.05, 3.63) is 29.8 Å². The lowest BCUT2D eigenvalue weighted by Crippen LogP contribution is -2.35. The predicted octanol–water partition coefficient (Wildman–Crippen LogP) is 2.96. The molecular weight excluding hydrogens is 196 g/mol. The van der Waals surface area contributed by atoms with Gasteiger partial charge in [-0.15, -0.1) is 0 Å². The van der Waals surface area contributed by atoms with Crippen LogP contribution >= 0.6 is 0 Å². The van der Waals surface area contributed by atoms with Crippen LogP contribution in [0.15, 0.2) is 24.3 Å². The summed E-state index contributed by atoms with van der Waals surface area (Å²) >= 11 is 0. The maximum absolute atomic E-state index is 5.74. The van der Waals surface area contributed by atoms with Crippen molar-refractivity contribution in [3.8, 4) is 0 Å². The van der Waals surface area contributed by atoms with Gasteiger partial charge in [-0.05, 0) is 49.9 Å². The maximum atomic E-state index is 5.74. The average Bonchev–Trinajstić information content (AvgIpc) is 2.74. The minimum absolute atomic E-state index is 0.658. The Bertz CT molecular complexity index is 358. The van der Waals surface area contributed by atoms with E-state index >= 15 is 0 Å². The molecule has 0 radical (unpaired) electrons. The number of hydrogen-bond acceptors (Lipinski definition) is 2. The SMILES string of the molecule is Nc1ccc([C@@H]2CC[C@H]3CCCCN32)cc1. The Morgan fingerprint density at radius 3 is 2.62 bits per heavy atom. The number of nitrogens with two attached hydrogens (primary N) is 1. The summed E-state index contributed by atoms with van der Waals surface area (Å²) in [6.07, 6.45) is 6.92. The van der Waals surface area contributed by atoms with Crippen LogP contribution in [0.5, 0.6) is 0 Å². The number of benzene rings is 1. The van der Waals surface area contributed by atoms with Crippen LogP contribution in [-0.2, 0) is 0 Å². The molecule has 0 bridgehead atoms. The van der Waals surface area contributed by atoms with Gasteiger partial charge in [-0.2, -0.15) is 0 Å². The van der Waals surface area contributed by atoms with E-state index in [0.29, 0.717) is 6.04 Å². The van der Waals surface area contributed by atoms with Crippen LogP contribution in [0.4, 0.5) is 5.69 Å². The molecule has 2 aliphatic rings. The van der Waals surface area contributed by atoms with Crippen molar-refractivity contribution in [3.63, 3.8) is 0 Å². The third-order valence-corrected chi connectivity index (χ3v) is 4.17. The van der Waals surface area contributed by atoms with E-state index in [-0.39, 0.29) is 0 Å². The molecule has 2 N–H and O–H groups in total. The Morgan fingerprint density at radius 2 is 1.81 bits per heavy atom. The highest BCUT2D eigenvalue weighted by atomic mass is 15.2. The molecule has 2 aliphatic heterocycles. The Morgan fingerprint density at radius 1 is 1.00 bits per heavy atom. The molecule has 1 aromatic carbocycles. The van der Waals surface area contributed by atoms with Crippen molar-refractivity contribution in [1.82, 2.24) is 4.90 Å². The first kappa shape index (κ1) is 10.2. The number of piperidine rings is 1. The fourth-order valence-electron chi connectivity index (χ4n) is 3.34. The molecule has 0 spiro atoms. The van der Waals surface area contributed by atoms with Crippen molar-refractivity contribution >= 4 is 5.69 Å². The summed E-state index contributed by atoms with van der Waals surface area (Å²) in [5, 5.41) is 0. The summed E-state index contributed by atoms with van der Waals surface area (Å²) in [7, 11) is 0. The highest BCUT2D eigenvalue weighted by molar-refractivity contribution is 5.40. The molecule has 2 heterocycles. The van der Waals surface area contributed by atoms with Crippen molar-refractivity contribution < 1.29 is 0 Å². The lowest BCUT2D eigenvalue weighted by molar-refractivity contribution is 0.150. The zero-order valence-corrected chi connectivity index (χ0v) is 9.73. The van der Waals surface area contributed by atoms with Gasteiger partial charge in [0.15, 0.2) is 0 Å². The first-order valence-electron chi connectivity index (χ1n) is 6.46. The van der Waals surface area contributed by atoms with Gasteiger partial charge in [-0.3, -0.25) is 4.90 Å². The van der Waals surface area contributed by atoms with E-state index in [4.69, 9.17) is 5.73 Å². The number of anilines is 1. The fourth-order valence-corrected chi connectivity index (χ4v) is 3.34. The van der Waals surface area contributed by atoms with Crippen LogP contribution < -0.4 is 5.73 Å². The molecule has 2 saturated heterocycles. The summed E-state index contributed by atoms with van der Waals surface area (Å²) in [5.41, 5.74) is 8.07. The van der Waals surface area contributed by atoms with Crippen LogP contribution in [-0.4, -0.2) is 17.5 Å². The molecule has 2 fully saturated rings. The van der Waals surface area contributed by atoms with Gasteiger partial charge < -0.3 is 5.73 Å². The molecule has 16 heavy (non-hydrogen) atoms. The van der Waals surface area contributed by atoms with Gasteiger partial charge in [0.1, 0.15) is 0 Å². The van der Waals surface area contributed by atoms with Gasteiger partial charge in [-0.25, -0.2) is 0 Å². The Balaban J connectivity index is 1.82. The van der Waals surface area contributed by atoms with E-state index in [9.17, 15) is 0 Å². The van der Waals surface area contributed by atoms with Crippen LogP contribution in [0, 0.1) is 0 Å². The topological polar surface area (TPSA) is 29.3 Å². The lowest BCUT2D eigenvalue weighted by Gasteiger charge is -2.34. The van der Waals surface area contributed by atoms with Crippen molar-refractivity contribution in [2.24, 2.45) is 0 Å². The predicted molar refractivity (Wildman–Crippen MR) is 67.2 cm³/mol. The quantitative estimate of drug-likeness (QED) is 0.731. The summed E-state index contributed by atoms with van der Waals surface area (Å²) in [4.78, 5) is 2.72. The summed E-state index contributed by atoms with van der Waals surface area (Å²) in [6, 6.07) is 10.00. The smallest absolute Gasteiger partial charge is 0.0351 e. The van der Waals surface area contributed by atoms with E-state index in [1.807, 2.05) is 12.1 Å². The van der Waals surface area contributed by atoms with Gasteiger partial charge in [-0.1, -0.05) is 18.6 Å². The molecule has 2 heteroatoms. The monoisotopic (exact) mass is 216 g/mol. The molecule has 0 aromatic heterocycles. The number of nitrogens with zero attached hydrogens (tertiary/aromatic N) is 1. The third-order valence-electron chi connectivity index (χ3n) is 4.17. The molecule has 2 nitrogen and oxygen atoms in total. The van der Waals surface area contributed by atoms with E-state index in [2.05, 4.69) is 17.0 Å². The second-order valence-corrected chi connectivity index (χ2v) is 5.15. The first-order chi connectivity index (χ1) is 7.84. The maximum Gasteiger partial charge on any atom is 0.0351 e. The van der Waals surface area contributed by atoms with E-state index < -0.39 is 0 Å². The van der Waals surface area contributed by atoms with Crippen molar-refractivity contribution in [2.45, 2.75) is 44.2 Å². The number of fused-ring (bicyclic) bond motifs is 1. The summed E-state index contributed by atoms with van der Waals surface area (Å²) in [5.74, 6) is 0. The van der Waals surface area contributed by atoms with Crippen LogP contribution in [0.1, 0.15) is 43.7 Å². The third kappa shape index (κ3) is 1.71. The number of hydrogen-bond donors (Lipinski definition) is 1. The van der Waals surface area contributed by atoms with Gasteiger partial charge in [0.05, 0.1) is 0 Å². The standard InChI is InChI=1S/C14H20N2/c15-12-6-4-11(5-7-12)14-9-8-13-3-1-2-10-16(13)14/h4-7,13-14H,1-3,8-10,15H2/t13-,14+/m1/s1. The lowest BCUT2D eigenvalue weighted by atomic mass is 10.0. The minimum atomic E-state index is 0.658. The highest BCUT2D eigenvalue weighted by Gasteiger charge is 2.35. The summed E-state index contributed by atoms with van der Waals surface area (Å²) < 4.78 is 0. The second kappa shape index (κ2) is 4.10. The Labute approximate surface area is 97.4 Å². The van der Waals surface area contributed by atoms with Crippen molar-refractivity contribution in [2.75, 3.05) is 12.3 Å². The Kier molecular flexibility index (Phi) is 2.60. The summed E-state index contributed by atoms with van der Waals surface area (Å²) in [6.45, 7) is 1.29.